The Morgan fingerprint density at radius 1 is 0.680 bits per heavy atom. The highest BCUT2D eigenvalue weighted by atomic mass is 127. The number of quaternary nitrogens is 2. The molecule has 0 fully saturated rings. The lowest BCUT2D eigenvalue weighted by molar-refractivity contribution is -0.903. The van der Waals surface area contributed by atoms with Crippen LogP contribution in [0.2, 0.25) is 0 Å². The first-order valence-electron chi connectivity index (χ1n) is 14.4. The Labute approximate surface area is 316 Å². The average molecular weight is 983 g/mol. The van der Waals surface area contributed by atoms with Crippen molar-refractivity contribution in [1.29, 1.82) is 0 Å². The molecule has 0 aliphatic carbocycles. The third kappa shape index (κ3) is 17.6. The fraction of sp³-hybridized carbons (Fsp3) is 0.419. The first-order valence-corrected chi connectivity index (χ1v) is 19.4. The van der Waals surface area contributed by atoms with Gasteiger partial charge in [-0.25, -0.2) is 16.8 Å². The number of halogens is 8. The molecule has 0 unspecified atom stereocenters. The lowest BCUT2D eigenvalue weighted by atomic mass is 10.0. The average Bonchev–Trinajstić information content (AvgIpc) is 2.94. The predicted octanol–water partition coefficient (Wildman–Crippen LogP) is 6.96. The van der Waals surface area contributed by atoms with E-state index in [2.05, 4.69) is 147 Å². The number of nitrogens with zero attached hydrogens (tertiary/aromatic N) is 2. The van der Waals surface area contributed by atoms with Crippen molar-refractivity contribution < 1.29 is 66.0 Å². The summed E-state index contributed by atoms with van der Waals surface area (Å²) in [5.41, 5.74) is -5.98. The van der Waals surface area contributed by atoms with Crippen molar-refractivity contribution >= 4 is 65.4 Å². The molecule has 0 heterocycles. The lowest BCUT2D eigenvalue weighted by Gasteiger charge is -2.30. The van der Waals surface area contributed by atoms with Crippen LogP contribution in [0, 0.1) is 7.14 Å². The summed E-state index contributed by atoms with van der Waals surface area (Å²) in [6.45, 7) is 4.01. The van der Waals surface area contributed by atoms with Crippen LogP contribution in [-0.2, 0) is 33.2 Å². The molecule has 3 aromatic carbocycles. The molecule has 0 saturated heterocycles. The summed E-state index contributed by atoms with van der Waals surface area (Å²) in [4.78, 5) is 0. The monoisotopic (exact) mass is 982 g/mol. The Hall–Kier alpha value is -1.76. The molecule has 9 nitrogen and oxygen atoms in total. The van der Waals surface area contributed by atoms with Gasteiger partial charge in [-0.3, -0.25) is 0 Å². The van der Waals surface area contributed by atoms with Crippen molar-refractivity contribution in [1.82, 2.24) is 0 Å². The van der Waals surface area contributed by atoms with Gasteiger partial charge in [0.2, 0.25) is 0 Å². The Bertz CT molecular complexity index is 1670. The molecule has 3 rings (SSSR count). The summed E-state index contributed by atoms with van der Waals surface area (Å²) in [6.07, 6.45) is 2.12. The van der Waals surface area contributed by atoms with E-state index in [0.29, 0.717) is 0 Å². The van der Waals surface area contributed by atoms with Gasteiger partial charge in [0.25, 0.3) is 0 Å². The number of rotatable bonds is 11. The van der Waals surface area contributed by atoms with E-state index < -0.39 is 31.3 Å². The predicted molar refractivity (Wildman–Crippen MR) is 193 cm³/mol. The maximum absolute atomic E-state index is 10.7. The first-order chi connectivity index (χ1) is 22.5. The summed E-state index contributed by atoms with van der Waals surface area (Å²) >= 11 is 4.86. The van der Waals surface area contributed by atoms with Crippen LogP contribution in [0.15, 0.2) is 66.7 Å². The van der Waals surface area contributed by atoms with Crippen molar-refractivity contribution in [2.75, 3.05) is 54.9 Å². The van der Waals surface area contributed by atoms with Crippen LogP contribution in [-0.4, -0.2) is 101 Å². The third-order valence-corrected chi connectivity index (χ3v) is 9.26. The van der Waals surface area contributed by atoms with Gasteiger partial charge in [-0.15, -0.1) is 0 Å². The molecule has 50 heavy (non-hydrogen) atoms. The summed E-state index contributed by atoms with van der Waals surface area (Å²) in [5, 5.41) is 0. The molecular weight excluding hydrogens is 944 g/mol. The topological polar surface area (TPSA) is 124 Å². The van der Waals surface area contributed by atoms with E-state index in [0.717, 1.165) is 53.8 Å². The number of alkyl halides is 6. The van der Waals surface area contributed by atoms with Gasteiger partial charge in [0.05, 0.1) is 62.1 Å². The zero-order valence-electron chi connectivity index (χ0n) is 27.7. The van der Waals surface area contributed by atoms with Crippen molar-refractivity contribution in [2.24, 2.45) is 0 Å². The zero-order valence-corrected chi connectivity index (χ0v) is 33.6. The van der Waals surface area contributed by atoms with Gasteiger partial charge in [-0.2, -0.15) is 26.3 Å². The Morgan fingerprint density at radius 2 is 1.10 bits per heavy atom. The molecule has 0 bridgehead atoms. The zero-order chi connectivity index (χ0) is 38.8. The Balaban J connectivity index is 0.000000646. The number of ether oxygens (including phenoxy) is 1. The van der Waals surface area contributed by atoms with Crippen LogP contribution in [0.5, 0.6) is 5.75 Å². The SMILES string of the molecule is C[N+](C)(C)CCCOc1c(I)cc(CC[N+](C)(C)Cc2ccc(-c3ccccc3)cc2)cc1I.O=S(=O)([O-])C(F)(F)F.O=S(=O)([O-])C(F)(F)F. The van der Waals surface area contributed by atoms with Gasteiger partial charge in [0, 0.05) is 18.4 Å². The number of hydrogen-bond donors (Lipinski definition) is 0. The van der Waals surface area contributed by atoms with E-state index in [-0.39, 0.29) is 0 Å². The molecule has 0 atom stereocenters. The normalized spacial score (nSPS) is 12.7. The fourth-order valence-electron chi connectivity index (χ4n) is 4.05. The fourth-order valence-corrected chi connectivity index (χ4v) is 6.25. The third-order valence-electron chi connectivity index (χ3n) is 6.52. The number of benzene rings is 3. The second-order valence-corrected chi connectivity index (χ2v) is 17.6. The minimum Gasteiger partial charge on any atom is -0.741 e. The van der Waals surface area contributed by atoms with Gasteiger partial charge in [0.15, 0.2) is 20.2 Å². The molecule has 3 aromatic rings. The first kappa shape index (κ1) is 46.3. The van der Waals surface area contributed by atoms with Crippen LogP contribution >= 0.6 is 45.2 Å². The molecule has 0 amide bonds. The van der Waals surface area contributed by atoms with Crippen LogP contribution in [0.4, 0.5) is 26.3 Å². The highest BCUT2D eigenvalue weighted by molar-refractivity contribution is 14.1. The molecule has 0 aromatic heterocycles. The van der Waals surface area contributed by atoms with Gasteiger partial charge < -0.3 is 22.8 Å². The Morgan fingerprint density at radius 3 is 1.50 bits per heavy atom. The van der Waals surface area contributed by atoms with E-state index in [9.17, 15) is 26.3 Å². The van der Waals surface area contributed by atoms with Gasteiger partial charge in [0.1, 0.15) is 12.3 Å². The summed E-state index contributed by atoms with van der Waals surface area (Å²) in [7, 11) is -0.856. The highest BCUT2D eigenvalue weighted by Crippen LogP contribution is 2.30. The molecule has 0 spiro atoms. The van der Waals surface area contributed by atoms with Crippen molar-refractivity contribution in [3.63, 3.8) is 0 Å². The van der Waals surface area contributed by atoms with E-state index in [1.54, 1.807) is 0 Å². The maximum atomic E-state index is 10.7. The lowest BCUT2D eigenvalue weighted by Crippen LogP contribution is -2.40. The minimum atomic E-state index is -6.09. The molecule has 0 aliphatic rings. The smallest absolute Gasteiger partial charge is 0.485 e. The molecular formula is C31H38F6I2N2O7S2. The van der Waals surface area contributed by atoms with Crippen LogP contribution in [0.3, 0.4) is 0 Å². The van der Waals surface area contributed by atoms with Gasteiger partial charge in [-0.1, -0.05) is 54.6 Å². The quantitative estimate of drug-likeness (QED) is 0.0509. The number of likely N-dealkylation sites (N-methyl/N-ethyl adjacent to an activating group) is 1. The van der Waals surface area contributed by atoms with E-state index in [4.69, 9.17) is 30.7 Å². The van der Waals surface area contributed by atoms with Crippen molar-refractivity contribution in [2.45, 2.75) is 30.4 Å². The van der Waals surface area contributed by atoms with Gasteiger partial charge >= 0.3 is 11.0 Å². The maximum Gasteiger partial charge on any atom is 0.485 e. The standard InChI is InChI=1S/C29H38I2N2O.2CHF3O3S/c1-32(2,3)17-9-19-34-29-27(30)20-24(21-28(29)31)16-18-33(4,5)22-23-12-14-26(15-13-23)25-10-7-6-8-11-25;2*2-1(3,4)8(5,6)7/h6-8,10-15,20-21H,9,16-19,22H2,1-5H3;2*(H,5,6,7)/q+2;;/p-2. The van der Waals surface area contributed by atoms with Crippen molar-refractivity contribution in [3.8, 4) is 16.9 Å². The molecule has 0 radical (unpaired) electrons. The summed E-state index contributed by atoms with van der Waals surface area (Å²) < 4.78 is 128. The second kappa shape index (κ2) is 18.8. The van der Waals surface area contributed by atoms with E-state index in [1.807, 2.05) is 0 Å². The molecule has 0 N–H and O–H groups in total. The van der Waals surface area contributed by atoms with Crippen LogP contribution in [0.25, 0.3) is 11.1 Å². The van der Waals surface area contributed by atoms with Crippen LogP contribution in [0.1, 0.15) is 17.5 Å². The second-order valence-electron chi connectivity index (χ2n) is 12.5. The Kier molecular flexibility index (Phi) is 17.4. The highest BCUT2D eigenvalue weighted by Gasteiger charge is 2.37. The number of hydrogen-bond acceptors (Lipinski definition) is 7. The summed E-state index contributed by atoms with van der Waals surface area (Å²) in [6, 6.07) is 24.2. The van der Waals surface area contributed by atoms with Crippen LogP contribution < -0.4 is 4.74 Å². The molecule has 282 valence electrons. The summed E-state index contributed by atoms with van der Waals surface area (Å²) in [5.74, 6) is 1.04. The van der Waals surface area contributed by atoms with E-state index in [1.165, 1.54) is 29.4 Å². The van der Waals surface area contributed by atoms with Gasteiger partial charge in [-0.05, 0) is 74.0 Å². The molecule has 19 heteroatoms. The molecule has 0 saturated carbocycles. The minimum absolute atomic E-state index is 0.772. The molecule has 0 aliphatic heterocycles. The van der Waals surface area contributed by atoms with E-state index >= 15 is 0 Å². The largest absolute Gasteiger partial charge is 0.741 e. The van der Waals surface area contributed by atoms with Crippen molar-refractivity contribution in [3.05, 3.63) is 85.0 Å².